The van der Waals surface area contributed by atoms with Crippen LogP contribution >= 0.6 is 0 Å². The van der Waals surface area contributed by atoms with Crippen molar-refractivity contribution in [3.63, 3.8) is 0 Å². The van der Waals surface area contributed by atoms with Crippen LogP contribution in [0, 0.1) is 5.92 Å². The fraction of sp³-hybridized carbons (Fsp3) is 0.636. The van der Waals surface area contributed by atoms with Crippen LogP contribution in [0.3, 0.4) is 0 Å². The summed E-state index contributed by atoms with van der Waals surface area (Å²) < 4.78 is 5.55. The Kier molecular flexibility index (Phi) is 8.30. The maximum atomic E-state index is 12.7. The number of ether oxygens (including phenoxy) is 1. The van der Waals surface area contributed by atoms with E-state index in [9.17, 15) is 9.59 Å². The number of nitrogens with one attached hydrogen (secondary N) is 1. The minimum Gasteiger partial charge on any atom is -0.445 e. The SMILES string of the molecule is CC(C)C(N)C(=O)NC1CCC(N(C(=O)OCc2ccccc2)C(C)C)CC1. The normalized spacial score (nSPS) is 20.7. The summed E-state index contributed by atoms with van der Waals surface area (Å²) in [7, 11) is 0. The van der Waals surface area contributed by atoms with Gasteiger partial charge >= 0.3 is 6.09 Å². The van der Waals surface area contributed by atoms with Crippen molar-refractivity contribution in [2.45, 2.75) is 84.2 Å². The molecule has 2 rings (SSSR count). The van der Waals surface area contributed by atoms with E-state index in [4.69, 9.17) is 10.5 Å². The van der Waals surface area contributed by atoms with E-state index in [2.05, 4.69) is 5.32 Å². The standard InChI is InChI=1S/C22H35N3O3/c1-15(2)20(23)21(26)24-18-10-12-19(13-11-18)25(16(3)4)22(27)28-14-17-8-6-5-7-9-17/h5-9,15-16,18-20H,10-14,23H2,1-4H3,(H,24,26). The molecule has 1 unspecified atom stereocenters. The zero-order valence-corrected chi connectivity index (χ0v) is 17.6. The zero-order valence-electron chi connectivity index (χ0n) is 17.6. The lowest BCUT2D eigenvalue weighted by Crippen LogP contribution is -2.51. The molecule has 0 radical (unpaired) electrons. The van der Waals surface area contributed by atoms with E-state index in [0.717, 1.165) is 31.2 Å². The quantitative estimate of drug-likeness (QED) is 0.748. The Labute approximate surface area is 168 Å². The summed E-state index contributed by atoms with van der Waals surface area (Å²) in [5.41, 5.74) is 6.91. The van der Waals surface area contributed by atoms with Gasteiger partial charge in [-0.3, -0.25) is 4.79 Å². The molecule has 1 aliphatic rings. The van der Waals surface area contributed by atoms with Gasteiger partial charge in [-0.15, -0.1) is 0 Å². The van der Waals surface area contributed by atoms with E-state index in [1.807, 2.05) is 62.9 Å². The molecule has 1 saturated carbocycles. The first kappa shape index (κ1) is 22.2. The van der Waals surface area contributed by atoms with Crippen molar-refractivity contribution < 1.29 is 14.3 Å². The Morgan fingerprint density at radius 1 is 1.11 bits per heavy atom. The van der Waals surface area contributed by atoms with Gasteiger partial charge in [0.2, 0.25) is 5.91 Å². The Balaban J connectivity index is 1.86. The van der Waals surface area contributed by atoms with Gasteiger partial charge in [-0.05, 0) is 51.0 Å². The van der Waals surface area contributed by atoms with Gasteiger partial charge in [0, 0.05) is 18.1 Å². The van der Waals surface area contributed by atoms with Crippen LogP contribution in [0.2, 0.25) is 0 Å². The average Bonchev–Trinajstić information content (AvgIpc) is 2.67. The maximum absolute atomic E-state index is 12.7. The lowest BCUT2D eigenvalue weighted by molar-refractivity contribution is -0.124. The second kappa shape index (κ2) is 10.5. The first-order chi connectivity index (χ1) is 13.3. The third-order valence-electron chi connectivity index (χ3n) is 5.43. The molecule has 1 aromatic carbocycles. The largest absolute Gasteiger partial charge is 0.445 e. The number of benzene rings is 1. The smallest absolute Gasteiger partial charge is 0.410 e. The maximum Gasteiger partial charge on any atom is 0.410 e. The summed E-state index contributed by atoms with van der Waals surface area (Å²) in [4.78, 5) is 26.7. The highest BCUT2D eigenvalue weighted by molar-refractivity contribution is 5.82. The zero-order chi connectivity index (χ0) is 20.7. The Bertz CT molecular complexity index is 625. The number of carbonyl (C=O) groups is 2. The Morgan fingerprint density at radius 2 is 1.71 bits per heavy atom. The number of hydrogen-bond acceptors (Lipinski definition) is 4. The predicted octanol–water partition coefficient (Wildman–Crippen LogP) is 3.44. The second-order valence-corrected chi connectivity index (χ2v) is 8.33. The van der Waals surface area contributed by atoms with E-state index in [1.54, 1.807) is 0 Å². The minimum absolute atomic E-state index is 0.0637. The predicted molar refractivity (Wildman–Crippen MR) is 111 cm³/mol. The molecule has 3 N–H and O–H groups in total. The summed E-state index contributed by atoms with van der Waals surface area (Å²) in [5, 5.41) is 3.07. The molecular weight excluding hydrogens is 354 g/mol. The topological polar surface area (TPSA) is 84.7 Å². The van der Waals surface area contributed by atoms with Crippen LogP contribution in [0.1, 0.15) is 58.9 Å². The Morgan fingerprint density at radius 3 is 2.25 bits per heavy atom. The van der Waals surface area contributed by atoms with Crippen LogP contribution in [0.5, 0.6) is 0 Å². The van der Waals surface area contributed by atoms with Gasteiger partial charge in [-0.25, -0.2) is 4.79 Å². The molecule has 1 fully saturated rings. The molecule has 28 heavy (non-hydrogen) atoms. The number of amides is 2. The number of nitrogens with zero attached hydrogens (tertiary/aromatic N) is 1. The summed E-state index contributed by atoms with van der Waals surface area (Å²) in [6.07, 6.45) is 3.11. The highest BCUT2D eigenvalue weighted by atomic mass is 16.6. The van der Waals surface area contributed by atoms with Crippen molar-refractivity contribution in [1.82, 2.24) is 10.2 Å². The van der Waals surface area contributed by atoms with Crippen LogP contribution in [-0.4, -0.2) is 41.1 Å². The van der Waals surface area contributed by atoms with Gasteiger partial charge in [0.05, 0.1) is 6.04 Å². The van der Waals surface area contributed by atoms with Gasteiger partial charge < -0.3 is 20.7 Å². The van der Waals surface area contributed by atoms with Gasteiger partial charge in [0.25, 0.3) is 0 Å². The van der Waals surface area contributed by atoms with Crippen LogP contribution in [0.4, 0.5) is 4.79 Å². The summed E-state index contributed by atoms with van der Waals surface area (Å²) in [6.45, 7) is 8.20. The Hall–Kier alpha value is -2.08. The monoisotopic (exact) mass is 389 g/mol. The molecule has 0 heterocycles. The molecule has 1 aromatic rings. The molecule has 6 heteroatoms. The third-order valence-corrected chi connectivity index (χ3v) is 5.43. The number of hydrogen-bond donors (Lipinski definition) is 2. The van der Waals surface area contributed by atoms with Crippen LogP contribution in [-0.2, 0) is 16.1 Å². The van der Waals surface area contributed by atoms with E-state index in [-0.39, 0.29) is 42.7 Å². The van der Waals surface area contributed by atoms with Gasteiger partial charge in [0.15, 0.2) is 0 Å². The lowest BCUT2D eigenvalue weighted by atomic mass is 9.89. The summed E-state index contributed by atoms with van der Waals surface area (Å²) >= 11 is 0. The molecule has 0 spiro atoms. The lowest BCUT2D eigenvalue weighted by Gasteiger charge is -2.39. The second-order valence-electron chi connectivity index (χ2n) is 8.33. The van der Waals surface area contributed by atoms with Crippen LogP contribution in [0.15, 0.2) is 30.3 Å². The highest BCUT2D eigenvalue weighted by Crippen LogP contribution is 2.26. The van der Waals surface area contributed by atoms with Crippen molar-refractivity contribution in [2.75, 3.05) is 0 Å². The third kappa shape index (κ3) is 6.23. The van der Waals surface area contributed by atoms with Crippen molar-refractivity contribution in [1.29, 1.82) is 0 Å². The number of carbonyl (C=O) groups excluding carboxylic acids is 2. The highest BCUT2D eigenvalue weighted by Gasteiger charge is 2.32. The van der Waals surface area contributed by atoms with E-state index in [1.165, 1.54) is 0 Å². The molecule has 156 valence electrons. The molecule has 1 atom stereocenters. The molecule has 0 bridgehead atoms. The van der Waals surface area contributed by atoms with E-state index in [0.29, 0.717) is 0 Å². The molecular formula is C22H35N3O3. The molecule has 0 aliphatic heterocycles. The van der Waals surface area contributed by atoms with Crippen LogP contribution in [0.25, 0.3) is 0 Å². The van der Waals surface area contributed by atoms with E-state index < -0.39 is 6.04 Å². The van der Waals surface area contributed by atoms with Crippen molar-refractivity contribution >= 4 is 12.0 Å². The first-order valence-corrected chi connectivity index (χ1v) is 10.3. The molecule has 0 aromatic heterocycles. The van der Waals surface area contributed by atoms with Gasteiger partial charge in [0.1, 0.15) is 6.61 Å². The minimum atomic E-state index is -0.474. The summed E-state index contributed by atoms with van der Waals surface area (Å²) in [6, 6.07) is 9.56. The molecule has 6 nitrogen and oxygen atoms in total. The first-order valence-electron chi connectivity index (χ1n) is 10.3. The van der Waals surface area contributed by atoms with Gasteiger partial charge in [-0.1, -0.05) is 44.2 Å². The average molecular weight is 390 g/mol. The summed E-state index contributed by atoms with van der Waals surface area (Å²) in [5.74, 6) is 0.0357. The number of rotatable bonds is 7. The fourth-order valence-electron chi connectivity index (χ4n) is 3.67. The van der Waals surface area contributed by atoms with Crippen molar-refractivity contribution in [2.24, 2.45) is 11.7 Å². The molecule has 1 aliphatic carbocycles. The van der Waals surface area contributed by atoms with E-state index >= 15 is 0 Å². The van der Waals surface area contributed by atoms with Crippen molar-refractivity contribution in [3.05, 3.63) is 35.9 Å². The fourth-order valence-corrected chi connectivity index (χ4v) is 3.67. The van der Waals surface area contributed by atoms with Gasteiger partial charge in [-0.2, -0.15) is 0 Å². The van der Waals surface area contributed by atoms with Crippen LogP contribution < -0.4 is 11.1 Å². The molecule has 2 amide bonds. The number of nitrogens with two attached hydrogens (primary N) is 1. The van der Waals surface area contributed by atoms with Crippen molar-refractivity contribution in [3.8, 4) is 0 Å². The molecule has 0 saturated heterocycles.